The lowest BCUT2D eigenvalue weighted by molar-refractivity contribution is 0.199. The highest BCUT2D eigenvalue weighted by Crippen LogP contribution is 2.26. The number of nitrogens with zero attached hydrogens (tertiary/aromatic N) is 4. The van der Waals surface area contributed by atoms with E-state index in [1.807, 2.05) is 66.4 Å². The van der Waals surface area contributed by atoms with Crippen LogP contribution in [0.2, 0.25) is 0 Å². The first-order valence-electron chi connectivity index (χ1n) is 13.5. The Labute approximate surface area is 240 Å². The minimum atomic E-state index is -3.25. The van der Waals surface area contributed by atoms with Crippen LogP contribution in [0.25, 0.3) is 0 Å². The van der Waals surface area contributed by atoms with Gasteiger partial charge in [-0.05, 0) is 73.9 Å². The number of ether oxygens (including phenoxy) is 1. The van der Waals surface area contributed by atoms with Crippen molar-refractivity contribution in [3.63, 3.8) is 0 Å². The maximum absolute atomic E-state index is 13.4. The van der Waals surface area contributed by atoms with Crippen LogP contribution in [0.4, 0.5) is 16.2 Å². The molecule has 0 aliphatic carbocycles. The Kier molecular flexibility index (Phi) is 8.61. The minimum Gasteiger partial charge on any atom is -0.439 e. The summed E-state index contributed by atoms with van der Waals surface area (Å²) in [6, 6.07) is 23.5. The number of carbonyl (C=O) groups excluding carboxylic acids is 1. The topological polar surface area (TPSA) is 105 Å². The fourth-order valence-electron chi connectivity index (χ4n) is 4.84. The van der Waals surface area contributed by atoms with E-state index in [9.17, 15) is 13.2 Å². The third-order valence-corrected chi connectivity index (χ3v) is 8.14. The monoisotopic (exact) mass is 571 g/mol. The molecule has 3 heterocycles. The summed E-state index contributed by atoms with van der Waals surface area (Å²) in [5.41, 5.74) is 3.50. The van der Waals surface area contributed by atoms with Gasteiger partial charge >= 0.3 is 6.03 Å². The van der Waals surface area contributed by atoms with E-state index in [-0.39, 0.29) is 17.0 Å². The minimum absolute atomic E-state index is 0.0649. The molecule has 4 aromatic rings. The Morgan fingerprint density at radius 1 is 0.951 bits per heavy atom. The lowest BCUT2D eigenvalue weighted by Gasteiger charge is -2.38. The lowest BCUT2D eigenvalue weighted by atomic mass is 10.0. The molecule has 0 saturated carbocycles. The van der Waals surface area contributed by atoms with E-state index in [4.69, 9.17) is 4.74 Å². The van der Waals surface area contributed by atoms with Crippen LogP contribution in [0, 0.1) is 6.92 Å². The molecule has 212 valence electrons. The van der Waals surface area contributed by atoms with Crippen molar-refractivity contribution in [2.24, 2.45) is 0 Å². The molecule has 0 unspecified atom stereocenters. The largest absolute Gasteiger partial charge is 0.439 e. The Bertz CT molecular complexity index is 1550. The van der Waals surface area contributed by atoms with Crippen LogP contribution >= 0.6 is 0 Å². The number of aryl methyl sites for hydroxylation is 1. The number of hydrogen-bond acceptors (Lipinski definition) is 7. The molecule has 41 heavy (non-hydrogen) atoms. The molecular weight excluding hydrogens is 538 g/mol. The predicted octanol–water partition coefficient (Wildman–Crippen LogP) is 5.68. The number of aromatic nitrogens is 2. The molecule has 2 amide bonds. The second-order valence-electron chi connectivity index (χ2n) is 10.2. The third-order valence-electron chi connectivity index (χ3n) is 7.02. The van der Waals surface area contributed by atoms with E-state index in [1.54, 1.807) is 24.5 Å². The number of likely N-dealkylation sites (tertiary alicyclic amines) is 1. The molecule has 0 spiro atoms. The van der Waals surface area contributed by atoms with Crippen LogP contribution < -0.4 is 15.0 Å². The summed E-state index contributed by atoms with van der Waals surface area (Å²) < 4.78 is 29.1. The number of rotatable bonds is 8. The van der Waals surface area contributed by atoms with Gasteiger partial charge in [-0.1, -0.05) is 24.3 Å². The summed E-state index contributed by atoms with van der Waals surface area (Å²) in [7, 11) is -3.25. The highest BCUT2D eigenvalue weighted by atomic mass is 32.2. The van der Waals surface area contributed by atoms with Crippen molar-refractivity contribution in [3.05, 3.63) is 103 Å². The number of sulfone groups is 1. The van der Waals surface area contributed by atoms with Gasteiger partial charge in [0.15, 0.2) is 9.84 Å². The molecular formula is C31H33N5O4S. The average molecular weight is 572 g/mol. The standard InChI is InChI=1S/C31H33N5O4S/c1-23-8-10-25(21-32-23)34-31(37)36(26-6-4-3-5-7-26)27-16-18-35(19-17-27)22-24-9-15-30(33-20-24)40-28-11-13-29(14-12-28)41(2,38)39/h3-15,20-21,27H,16-19,22H2,1-2H3,(H,34,37). The molecule has 2 aromatic heterocycles. The van der Waals surface area contributed by atoms with E-state index in [0.29, 0.717) is 17.3 Å². The molecule has 1 aliphatic heterocycles. The number of para-hydroxylation sites is 1. The van der Waals surface area contributed by atoms with Crippen molar-refractivity contribution in [3.8, 4) is 11.6 Å². The van der Waals surface area contributed by atoms with E-state index in [1.165, 1.54) is 18.4 Å². The summed E-state index contributed by atoms with van der Waals surface area (Å²) in [6.45, 7) is 4.35. The summed E-state index contributed by atoms with van der Waals surface area (Å²) in [5, 5.41) is 3.01. The van der Waals surface area contributed by atoms with Crippen molar-refractivity contribution in [1.82, 2.24) is 14.9 Å². The fraction of sp³-hybridized carbons (Fsp3) is 0.258. The highest BCUT2D eigenvalue weighted by molar-refractivity contribution is 7.90. The van der Waals surface area contributed by atoms with E-state index in [2.05, 4.69) is 20.2 Å². The molecule has 2 aromatic carbocycles. The molecule has 0 radical (unpaired) electrons. The second kappa shape index (κ2) is 12.5. The van der Waals surface area contributed by atoms with Gasteiger partial charge in [-0.3, -0.25) is 14.8 Å². The number of carbonyl (C=O) groups is 1. The molecule has 1 N–H and O–H groups in total. The second-order valence-corrected chi connectivity index (χ2v) is 12.2. The number of amides is 2. The Hall–Kier alpha value is -4.28. The van der Waals surface area contributed by atoms with Crippen molar-refractivity contribution >= 4 is 27.2 Å². The van der Waals surface area contributed by atoms with Crippen LogP contribution in [-0.4, -0.2) is 54.7 Å². The van der Waals surface area contributed by atoms with Crippen molar-refractivity contribution in [2.45, 2.75) is 37.2 Å². The molecule has 1 saturated heterocycles. The van der Waals surface area contributed by atoms with Crippen molar-refractivity contribution in [2.75, 3.05) is 29.6 Å². The van der Waals surface area contributed by atoms with Gasteiger partial charge in [-0.15, -0.1) is 0 Å². The van der Waals surface area contributed by atoms with Gasteiger partial charge in [0.1, 0.15) is 5.75 Å². The summed E-state index contributed by atoms with van der Waals surface area (Å²) in [5.74, 6) is 0.957. The van der Waals surface area contributed by atoms with Gasteiger partial charge in [0.2, 0.25) is 5.88 Å². The fourth-order valence-corrected chi connectivity index (χ4v) is 5.47. The lowest BCUT2D eigenvalue weighted by Crippen LogP contribution is -2.49. The SMILES string of the molecule is Cc1ccc(NC(=O)N(c2ccccc2)C2CCN(Cc3ccc(Oc4ccc(S(C)(=O)=O)cc4)nc3)CC2)cn1. The normalized spacial score (nSPS) is 14.4. The summed E-state index contributed by atoms with van der Waals surface area (Å²) in [4.78, 5) is 26.6. The Morgan fingerprint density at radius 3 is 2.29 bits per heavy atom. The van der Waals surface area contributed by atoms with Crippen molar-refractivity contribution < 1.29 is 17.9 Å². The van der Waals surface area contributed by atoms with Crippen LogP contribution in [0.3, 0.4) is 0 Å². The van der Waals surface area contributed by atoms with Crippen LogP contribution in [0.1, 0.15) is 24.1 Å². The Morgan fingerprint density at radius 2 is 1.68 bits per heavy atom. The quantitative estimate of drug-likeness (QED) is 0.290. The zero-order valence-corrected chi connectivity index (χ0v) is 23.9. The summed E-state index contributed by atoms with van der Waals surface area (Å²) >= 11 is 0. The van der Waals surface area contributed by atoms with Crippen molar-refractivity contribution in [1.29, 1.82) is 0 Å². The van der Waals surface area contributed by atoms with E-state index >= 15 is 0 Å². The van der Waals surface area contributed by atoms with Gasteiger partial charge < -0.3 is 10.1 Å². The zero-order chi connectivity index (χ0) is 28.8. The maximum atomic E-state index is 13.4. The van der Waals surface area contributed by atoms with Gasteiger partial charge in [0.25, 0.3) is 0 Å². The first-order valence-corrected chi connectivity index (χ1v) is 15.4. The number of urea groups is 1. The molecule has 10 heteroatoms. The first-order chi connectivity index (χ1) is 19.7. The maximum Gasteiger partial charge on any atom is 0.326 e. The first kappa shape index (κ1) is 28.3. The molecule has 0 bridgehead atoms. The highest BCUT2D eigenvalue weighted by Gasteiger charge is 2.29. The van der Waals surface area contributed by atoms with Crippen LogP contribution in [0.15, 0.2) is 96.2 Å². The van der Waals surface area contributed by atoms with Crippen LogP contribution in [0.5, 0.6) is 11.6 Å². The zero-order valence-electron chi connectivity index (χ0n) is 23.1. The van der Waals surface area contributed by atoms with Gasteiger partial charge in [0.05, 0.1) is 16.8 Å². The van der Waals surface area contributed by atoms with Gasteiger partial charge in [-0.25, -0.2) is 18.2 Å². The van der Waals surface area contributed by atoms with Gasteiger partial charge in [-0.2, -0.15) is 0 Å². The molecule has 9 nitrogen and oxygen atoms in total. The molecule has 0 atom stereocenters. The number of piperidine rings is 1. The molecule has 5 rings (SSSR count). The van der Waals surface area contributed by atoms with Gasteiger partial charge in [0, 0.05) is 55.6 Å². The predicted molar refractivity (Wildman–Crippen MR) is 159 cm³/mol. The number of hydrogen-bond donors (Lipinski definition) is 1. The summed E-state index contributed by atoms with van der Waals surface area (Å²) in [6.07, 6.45) is 6.33. The smallest absolute Gasteiger partial charge is 0.326 e. The molecule has 1 aliphatic rings. The number of pyridine rings is 2. The average Bonchev–Trinajstić information content (AvgIpc) is 2.97. The third kappa shape index (κ3) is 7.47. The van der Waals surface area contributed by atoms with E-state index < -0.39 is 9.84 Å². The molecule has 1 fully saturated rings. The number of benzene rings is 2. The Balaban J connectivity index is 1.18. The number of anilines is 2. The van der Waals surface area contributed by atoms with E-state index in [0.717, 1.165) is 49.4 Å². The van der Waals surface area contributed by atoms with Crippen LogP contribution in [-0.2, 0) is 16.4 Å². The number of nitrogens with one attached hydrogen (secondary N) is 1.